The first-order chi connectivity index (χ1) is 18.6. The Labute approximate surface area is 227 Å². The molecule has 6 rings (SSSR count). The number of hydrogen-bond acceptors (Lipinski definition) is 4. The van der Waals surface area contributed by atoms with Gasteiger partial charge in [0.1, 0.15) is 0 Å². The molecule has 3 aromatic carbocycles. The number of amides is 1. The number of fused-ring (bicyclic) bond motifs is 4. The van der Waals surface area contributed by atoms with Crippen LogP contribution >= 0.6 is 11.8 Å². The van der Waals surface area contributed by atoms with Crippen LogP contribution in [-0.2, 0) is 16.6 Å². The first-order valence-corrected chi connectivity index (χ1v) is 14.3. The summed E-state index contributed by atoms with van der Waals surface area (Å²) >= 11 is 1.33. The second kappa shape index (κ2) is 10.3. The van der Waals surface area contributed by atoms with E-state index in [-0.39, 0.29) is 16.9 Å². The first-order valence-electron chi connectivity index (χ1n) is 13.4. The van der Waals surface area contributed by atoms with Crippen LogP contribution in [0.3, 0.4) is 0 Å². The maximum atomic E-state index is 14.6. The predicted octanol–water partition coefficient (Wildman–Crippen LogP) is 6.78. The number of carbonyl (C=O) groups excluding carboxylic acids is 1. The molecule has 1 spiro atoms. The minimum atomic E-state index is -0.461. The van der Waals surface area contributed by atoms with Crippen molar-refractivity contribution in [2.24, 2.45) is 0 Å². The van der Waals surface area contributed by atoms with E-state index in [1.165, 1.54) is 23.7 Å². The van der Waals surface area contributed by atoms with Gasteiger partial charge in [-0.1, -0.05) is 91.7 Å². The third-order valence-corrected chi connectivity index (χ3v) is 8.95. The summed E-state index contributed by atoms with van der Waals surface area (Å²) in [5.41, 5.74) is 5.27. The van der Waals surface area contributed by atoms with Gasteiger partial charge in [0.05, 0.1) is 22.2 Å². The highest BCUT2D eigenvalue weighted by Crippen LogP contribution is 2.49. The number of benzene rings is 3. The Balaban J connectivity index is 1.50. The number of nitrogens with one attached hydrogen (secondary N) is 1. The van der Waals surface area contributed by atoms with Gasteiger partial charge in [-0.15, -0.1) is 0 Å². The molecular weight excluding hydrogens is 490 g/mol. The number of thioether (sulfide) groups is 1. The van der Waals surface area contributed by atoms with E-state index in [2.05, 4.69) is 23.5 Å². The maximum absolute atomic E-state index is 14.6. The summed E-state index contributed by atoms with van der Waals surface area (Å²) in [4.78, 5) is 32.9. The molecule has 1 N–H and O–H groups in total. The Hall–Kier alpha value is -3.64. The van der Waals surface area contributed by atoms with E-state index in [1.54, 1.807) is 4.57 Å². The average Bonchev–Trinajstić information content (AvgIpc) is 2.94. The number of carbonyl (C=O) groups is 1. The van der Waals surface area contributed by atoms with Gasteiger partial charge in [0.15, 0.2) is 5.16 Å². The number of anilines is 1. The molecule has 0 bridgehead atoms. The van der Waals surface area contributed by atoms with Gasteiger partial charge in [-0.3, -0.25) is 14.2 Å². The van der Waals surface area contributed by atoms with E-state index < -0.39 is 5.25 Å². The molecule has 0 saturated heterocycles. The zero-order valence-electron chi connectivity index (χ0n) is 21.5. The Morgan fingerprint density at radius 2 is 1.58 bits per heavy atom. The van der Waals surface area contributed by atoms with Gasteiger partial charge in [-0.2, -0.15) is 0 Å². The molecule has 0 radical (unpaired) electrons. The lowest BCUT2D eigenvalue weighted by atomic mass is 9.62. The van der Waals surface area contributed by atoms with Crippen LogP contribution < -0.4 is 10.9 Å². The second-order valence-corrected chi connectivity index (χ2v) is 11.7. The van der Waals surface area contributed by atoms with Crippen LogP contribution in [-0.4, -0.2) is 20.7 Å². The molecule has 1 atom stereocenters. The quantitative estimate of drug-likeness (QED) is 0.232. The van der Waals surface area contributed by atoms with Crippen LogP contribution in [0.15, 0.2) is 94.9 Å². The monoisotopic (exact) mass is 521 g/mol. The topological polar surface area (TPSA) is 64.0 Å². The molecule has 1 heterocycles. The second-order valence-electron chi connectivity index (χ2n) is 10.4. The van der Waals surface area contributed by atoms with Gasteiger partial charge in [-0.25, -0.2) is 4.98 Å². The fourth-order valence-corrected chi connectivity index (χ4v) is 6.97. The van der Waals surface area contributed by atoms with Crippen molar-refractivity contribution in [3.05, 3.63) is 106 Å². The molecule has 5 nitrogen and oxygen atoms in total. The molecule has 0 aliphatic heterocycles. The largest absolute Gasteiger partial charge is 0.325 e. The third-order valence-electron chi connectivity index (χ3n) is 7.90. The van der Waals surface area contributed by atoms with Crippen molar-refractivity contribution in [1.29, 1.82) is 0 Å². The van der Waals surface area contributed by atoms with Crippen molar-refractivity contribution in [3.8, 4) is 16.9 Å². The molecule has 4 aromatic rings. The van der Waals surface area contributed by atoms with Gasteiger partial charge < -0.3 is 5.32 Å². The summed E-state index contributed by atoms with van der Waals surface area (Å²) in [7, 11) is 0. The van der Waals surface area contributed by atoms with Crippen molar-refractivity contribution in [2.75, 3.05) is 5.32 Å². The Morgan fingerprint density at radius 1 is 0.921 bits per heavy atom. The SMILES string of the molecule is CC(Sc1nc2c(c(=O)n1-c1ccccc1)C1(CCCCC1)Cc1ccccc1-2)C(=O)Nc1ccccc1. The smallest absolute Gasteiger partial charge is 0.263 e. The van der Waals surface area contributed by atoms with E-state index in [0.717, 1.165) is 60.3 Å². The summed E-state index contributed by atoms with van der Waals surface area (Å²) in [6.07, 6.45) is 6.34. The highest BCUT2D eigenvalue weighted by Gasteiger charge is 2.43. The van der Waals surface area contributed by atoms with Gasteiger partial charge in [0.2, 0.25) is 5.91 Å². The molecular formula is C32H31N3O2S. The number of hydrogen-bond donors (Lipinski definition) is 1. The Morgan fingerprint density at radius 3 is 2.32 bits per heavy atom. The highest BCUT2D eigenvalue weighted by molar-refractivity contribution is 8.00. The third kappa shape index (κ3) is 4.47. The van der Waals surface area contributed by atoms with E-state index in [0.29, 0.717) is 5.16 Å². The van der Waals surface area contributed by atoms with Crippen LogP contribution in [0.5, 0.6) is 0 Å². The number of rotatable bonds is 5. The van der Waals surface area contributed by atoms with E-state index >= 15 is 0 Å². The molecule has 2 aliphatic carbocycles. The lowest BCUT2D eigenvalue weighted by Crippen LogP contribution is -2.43. The minimum Gasteiger partial charge on any atom is -0.325 e. The van der Waals surface area contributed by atoms with E-state index in [4.69, 9.17) is 4.98 Å². The van der Waals surface area contributed by atoms with Gasteiger partial charge >= 0.3 is 0 Å². The Kier molecular flexibility index (Phi) is 6.66. The number of nitrogens with zero attached hydrogens (tertiary/aromatic N) is 2. The van der Waals surface area contributed by atoms with Crippen molar-refractivity contribution in [3.63, 3.8) is 0 Å². The van der Waals surface area contributed by atoms with Crippen LogP contribution in [0.1, 0.15) is 50.2 Å². The summed E-state index contributed by atoms with van der Waals surface area (Å²) in [5, 5.41) is 3.06. The van der Waals surface area contributed by atoms with Gasteiger partial charge in [-0.05, 0) is 56.0 Å². The lowest BCUT2D eigenvalue weighted by molar-refractivity contribution is -0.115. The molecule has 1 unspecified atom stereocenters. The summed E-state index contributed by atoms with van der Waals surface area (Å²) < 4.78 is 1.74. The molecule has 38 heavy (non-hydrogen) atoms. The van der Waals surface area contributed by atoms with Crippen LogP contribution in [0, 0.1) is 0 Å². The van der Waals surface area contributed by atoms with E-state index in [9.17, 15) is 9.59 Å². The summed E-state index contributed by atoms with van der Waals surface area (Å²) in [5.74, 6) is -0.128. The van der Waals surface area contributed by atoms with Crippen LogP contribution in [0.25, 0.3) is 16.9 Å². The minimum absolute atomic E-state index is 0.00392. The van der Waals surface area contributed by atoms with Gasteiger partial charge in [0.25, 0.3) is 5.56 Å². The normalized spacial score (nSPS) is 16.3. The standard InChI is InChI=1S/C32H31N3O2S/c1-22(29(36)33-24-14-5-2-6-15-24)38-31-34-28-26-18-10-9-13-23(26)21-32(19-11-4-12-20-32)27(28)30(37)35(31)25-16-7-3-8-17-25/h2-3,5-10,13-18,22H,4,11-12,19-21H2,1H3,(H,33,36). The molecule has 1 aromatic heterocycles. The summed E-state index contributed by atoms with van der Waals surface area (Å²) in [6.45, 7) is 1.86. The molecule has 1 fully saturated rings. The molecule has 1 amide bonds. The zero-order chi connectivity index (χ0) is 26.1. The average molecular weight is 522 g/mol. The van der Waals surface area contributed by atoms with Crippen LogP contribution in [0.4, 0.5) is 5.69 Å². The van der Waals surface area contributed by atoms with Crippen molar-refractivity contribution in [2.45, 2.75) is 61.3 Å². The van der Waals surface area contributed by atoms with Crippen molar-refractivity contribution in [1.82, 2.24) is 9.55 Å². The fraction of sp³-hybridized carbons (Fsp3) is 0.281. The highest BCUT2D eigenvalue weighted by atomic mass is 32.2. The summed E-state index contributed by atoms with van der Waals surface area (Å²) in [6, 6.07) is 27.5. The van der Waals surface area contributed by atoms with Gasteiger partial charge in [0, 0.05) is 16.7 Å². The molecule has 192 valence electrons. The fourth-order valence-electron chi connectivity index (χ4n) is 6.05. The zero-order valence-corrected chi connectivity index (χ0v) is 22.3. The van der Waals surface area contributed by atoms with Crippen molar-refractivity contribution >= 4 is 23.4 Å². The molecule has 2 aliphatic rings. The number of para-hydroxylation sites is 2. The first kappa shape index (κ1) is 24.7. The van der Waals surface area contributed by atoms with E-state index in [1.807, 2.05) is 73.7 Å². The maximum Gasteiger partial charge on any atom is 0.263 e. The Bertz CT molecular complexity index is 1530. The molecule has 1 saturated carbocycles. The van der Waals surface area contributed by atoms with Crippen molar-refractivity contribution < 1.29 is 4.79 Å². The number of aromatic nitrogens is 2. The lowest BCUT2D eigenvalue weighted by Gasteiger charge is -2.42. The molecule has 6 heteroatoms. The predicted molar refractivity (Wildman–Crippen MR) is 154 cm³/mol. The van der Waals surface area contributed by atoms with Crippen LogP contribution in [0.2, 0.25) is 0 Å².